The van der Waals surface area contributed by atoms with Crippen LogP contribution in [-0.4, -0.2) is 45.7 Å². The first-order valence-corrected chi connectivity index (χ1v) is 7.25. The predicted octanol–water partition coefficient (Wildman–Crippen LogP) is -0.142. The van der Waals surface area contributed by atoms with E-state index in [9.17, 15) is 4.79 Å². The number of anilines is 1. The van der Waals surface area contributed by atoms with E-state index in [4.69, 9.17) is 0 Å². The van der Waals surface area contributed by atoms with E-state index in [0.717, 1.165) is 37.6 Å². The number of aromatic nitrogens is 4. The Labute approximate surface area is 123 Å². The van der Waals surface area contributed by atoms with Crippen LogP contribution >= 0.6 is 0 Å². The standard InChI is InChI=1S/C14H20N6O/c1-12-2-5-19(17-12)8-9-20-14(21)10-13(11-16-20)18-6-3-15-4-7-18/h2,5,10-11,15H,3-4,6-9H2,1H3. The van der Waals surface area contributed by atoms with Gasteiger partial charge in [-0.1, -0.05) is 0 Å². The van der Waals surface area contributed by atoms with E-state index in [0.29, 0.717) is 13.1 Å². The minimum Gasteiger partial charge on any atom is -0.368 e. The van der Waals surface area contributed by atoms with Gasteiger partial charge in [-0.2, -0.15) is 10.2 Å². The topological polar surface area (TPSA) is 68.0 Å². The summed E-state index contributed by atoms with van der Waals surface area (Å²) in [4.78, 5) is 14.3. The Morgan fingerprint density at radius 1 is 1.29 bits per heavy atom. The molecule has 0 radical (unpaired) electrons. The Kier molecular flexibility index (Phi) is 4.01. The SMILES string of the molecule is Cc1ccn(CCn2ncc(N3CCNCC3)cc2=O)n1. The van der Waals surface area contributed by atoms with Gasteiger partial charge < -0.3 is 10.2 Å². The highest BCUT2D eigenvalue weighted by Crippen LogP contribution is 2.09. The van der Waals surface area contributed by atoms with Crippen molar-refractivity contribution in [2.24, 2.45) is 0 Å². The fourth-order valence-electron chi connectivity index (χ4n) is 2.47. The molecule has 7 heteroatoms. The van der Waals surface area contributed by atoms with Gasteiger partial charge in [0.15, 0.2) is 0 Å². The predicted molar refractivity (Wildman–Crippen MR) is 80.5 cm³/mol. The van der Waals surface area contributed by atoms with Gasteiger partial charge in [0.05, 0.1) is 30.7 Å². The zero-order valence-corrected chi connectivity index (χ0v) is 12.2. The van der Waals surface area contributed by atoms with Crippen molar-refractivity contribution in [2.45, 2.75) is 20.0 Å². The number of hydrogen-bond acceptors (Lipinski definition) is 5. The van der Waals surface area contributed by atoms with Gasteiger partial charge in [-0.05, 0) is 13.0 Å². The number of rotatable bonds is 4. The van der Waals surface area contributed by atoms with Crippen LogP contribution in [0.25, 0.3) is 0 Å². The van der Waals surface area contributed by atoms with Crippen LogP contribution in [0.5, 0.6) is 0 Å². The fraction of sp³-hybridized carbons (Fsp3) is 0.500. The van der Waals surface area contributed by atoms with Gasteiger partial charge >= 0.3 is 0 Å². The third kappa shape index (κ3) is 3.30. The van der Waals surface area contributed by atoms with Crippen LogP contribution in [0.3, 0.4) is 0 Å². The van der Waals surface area contributed by atoms with Gasteiger partial charge in [-0.15, -0.1) is 0 Å². The molecule has 0 amide bonds. The van der Waals surface area contributed by atoms with Crippen LogP contribution < -0.4 is 15.8 Å². The van der Waals surface area contributed by atoms with Gasteiger partial charge in [0.2, 0.25) is 0 Å². The molecule has 0 atom stereocenters. The van der Waals surface area contributed by atoms with E-state index < -0.39 is 0 Å². The van der Waals surface area contributed by atoms with Crippen LogP contribution in [0.15, 0.2) is 29.3 Å². The van der Waals surface area contributed by atoms with E-state index in [1.807, 2.05) is 23.9 Å². The lowest BCUT2D eigenvalue weighted by atomic mass is 10.3. The first-order chi connectivity index (χ1) is 10.2. The van der Waals surface area contributed by atoms with E-state index >= 15 is 0 Å². The maximum Gasteiger partial charge on any atom is 0.268 e. The Morgan fingerprint density at radius 3 is 2.76 bits per heavy atom. The lowest BCUT2D eigenvalue weighted by Crippen LogP contribution is -2.44. The molecule has 3 heterocycles. The van der Waals surface area contributed by atoms with E-state index in [1.165, 1.54) is 4.68 Å². The highest BCUT2D eigenvalue weighted by molar-refractivity contribution is 5.43. The lowest BCUT2D eigenvalue weighted by molar-refractivity contribution is 0.480. The second-order valence-corrected chi connectivity index (χ2v) is 5.23. The van der Waals surface area contributed by atoms with Crippen LogP contribution in [0.2, 0.25) is 0 Å². The molecule has 7 nitrogen and oxygen atoms in total. The Balaban J connectivity index is 1.67. The van der Waals surface area contributed by atoms with Gasteiger partial charge in [-0.25, -0.2) is 4.68 Å². The maximum absolute atomic E-state index is 12.1. The Morgan fingerprint density at radius 2 is 2.10 bits per heavy atom. The third-order valence-corrected chi connectivity index (χ3v) is 3.65. The van der Waals surface area contributed by atoms with Crippen LogP contribution in [-0.2, 0) is 13.1 Å². The first kappa shape index (κ1) is 13.8. The second kappa shape index (κ2) is 6.09. The number of aryl methyl sites for hydroxylation is 3. The van der Waals surface area contributed by atoms with Crippen LogP contribution in [0, 0.1) is 6.92 Å². The molecule has 112 valence electrons. The number of piperazine rings is 1. The molecule has 0 spiro atoms. The minimum atomic E-state index is -0.0603. The van der Waals surface area contributed by atoms with Crippen LogP contribution in [0.1, 0.15) is 5.69 Å². The summed E-state index contributed by atoms with van der Waals surface area (Å²) in [7, 11) is 0. The number of nitrogens with zero attached hydrogens (tertiary/aromatic N) is 5. The Bertz CT molecular complexity index is 655. The molecule has 21 heavy (non-hydrogen) atoms. The average Bonchev–Trinajstić information content (AvgIpc) is 2.92. The van der Waals surface area contributed by atoms with E-state index in [2.05, 4.69) is 20.4 Å². The molecule has 1 aliphatic heterocycles. The molecular weight excluding hydrogens is 268 g/mol. The average molecular weight is 288 g/mol. The molecular formula is C14H20N6O. The van der Waals surface area contributed by atoms with Gasteiger partial charge in [-0.3, -0.25) is 9.48 Å². The summed E-state index contributed by atoms with van der Waals surface area (Å²) in [6, 6.07) is 3.62. The molecule has 1 saturated heterocycles. The summed E-state index contributed by atoms with van der Waals surface area (Å²) in [5, 5.41) is 11.9. The van der Waals surface area contributed by atoms with Crippen molar-refractivity contribution in [3.63, 3.8) is 0 Å². The summed E-state index contributed by atoms with van der Waals surface area (Å²) in [6.07, 6.45) is 3.69. The lowest BCUT2D eigenvalue weighted by Gasteiger charge is -2.28. The minimum absolute atomic E-state index is 0.0603. The molecule has 0 saturated carbocycles. The monoisotopic (exact) mass is 288 g/mol. The van der Waals surface area contributed by atoms with Crippen molar-refractivity contribution < 1.29 is 0 Å². The molecule has 2 aromatic heterocycles. The highest BCUT2D eigenvalue weighted by atomic mass is 16.1. The molecule has 0 aliphatic carbocycles. The van der Waals surface area contributed by atoms with Crippen molar-refractivity contribution in [1.29, 1.82) is 0 Å². The molecule has 0 bridgehead atoms. The summed E-state index contributed by atoms with van der Waals surface area (Å²) >= 11 is 0. The van der Waals surface area contributed by atoms with Crippen molar-refractivity contribution in [3.05, 3.63) is 40.6 Å². The highest BCUT2D eigenvalue weighted by Gasteiger charge is 2.12. The number of hydrogen-bond donors (Lipinski definition) is 1. The van der Waals surface area contributed by atoms with Crippen molar-refractivity contribution in [2.75, 3.05) is 31.1 Å². The first-order valence-electron chi connectivity index (χ1n) is 7.25. The summed E-state index contributed by atoms with van der Waals surface area (Å²) in [5.41, 5.74) is 1.83. The summed E-state index contributed by atoms with van der Waals surface area (Å²) < 4.78 is 3.32. The smallest absolute Gasteiger partial charge is 0.268 e. The quantitative estimate of drug-likeness (QED) is 0.848. The van der Waals surface area contributed by atoms with Gasteiger partial charge in [0, 0.05) is 38.4 Å². The van der Waals surface area contributed by atoms with Gasteiger partial charge in [0.1, 0.15) is 0 Å². The molecule has 0 aromatic carbocycles. The maximum atomic E-state index is 12.1. The molecule has 1 aliphatic rings. The van der Waals surface area contributed by atoms with Crippen molar-refractivity contribution >= 4 is 5.69 Å². The fourth-order valence-corrected chi connectivity index (χ4v) is 2.47. The third-order valence-electron chi connectivity index (χ3n) is 3.65. The zero-order chi connectivity index (χ0) is 14.7. The van der Waals surface area contributed by atoms with Crippen molar-refractivity contribution in [3.8, 4) is 0 Å². The number of nitrogens with one attached hydrogen (secondary N) is 1. The van der Waals surface area contributed by atoms with Gasteiger partial charge in [0.25, 0.3) is 5.56 Å². The largest absolute Gasteiger partial charge is 0.368 e. The molecule has 0 unspecified atom stereocenters. The zero-order valence-electron chi connectivity index (χ0n) is 12.2. The van der Waals surface area contributed by atoms with Crippen LogP contribution in [0.4, 0.5) is 5.69 Å². The van der Waals surface area contributed by atoms with E-state index in [-0.39, 0.29) is 5.56 Å². The van der Waals surface area contributed by atoms with Crippen molar-refractivity contribution in [1.82, 2.24) is 24.9 Å². The summed E-state index contributed by atoms with van der Waals surface area (Å²) in [6.45, 7) is 6.84. The normalized spacial score (nSPS) is 15.4. The van der Waals surface area contributed by atoms with E-state index in [1.54, 1.807) is 12.3 Å². The molecule has 1 fully saturated rings. The Hall–Kier alpha value is -2.15. The molecule has 2 aromatic rings. The summed E-state index contributed by atoms with van der Waals surface area (Å²) in [5.74, 6) is 0. The molecule has 1 N–H and O–H groups in total. The molecule has 3 rings (SSSR count). The second-order valence-electron chi connectivity index (χ2n) is 5.23.